The second kappa shape index (κ2) is 5.50. The maximum absolute atomic E-state index is 13.0. The van der Waals surface area contributed by atoms with Crippen molar-refractivity contribution in [2.24, 2.45) is 11.3 Å². The summed E-state index contributed by atoms with van der Waals surface area (Å²) >= 11 is 0. The van der Waals surface area contributed by atoms with Crippen LogP contribution in [-0.2, 0) is 9.59 Å². The number of piperidine rings is 1. The van der Waals surface area contributed by atoms with Gasteiger partial charge in [0.1, 0.15) is 5.78 Å². The topological polar surface area (TPSA) is 37.4 Å². The van der Waals surface area contributed by atoms with Gasteiger partial charge in [0, 0.05) is 30.3 Å². The normalized spacial score (nSPS) is 33.6. The summed E-state index contributed by atoms with van der Waals surface area (Å²) in [6, 6.07) is 0.212. The van der Waals surface area contributed by atoms with Crippen molar-refractivity contribution < 1.29 is 9.59 Å². The van der Waals surface area contributed by atoms with Gasteiger partial charge < -0.3 is 4.90 Å². The average molecular weight is 277 g/mol. The van der Waals surface area contributed by atoms with Crippen molar-refractivity contribution in [1.82, 2.24) is 4.90 Å². The lowest BCUT2D eigenvalue weighted by atomic mass is 9.82. The van der Waals surface area contributed by atoms with Crippen LogP contribution in [0.15, 0.2) is 0 Å². The standard InChI is InChI=1S/C17H27NO2/c1-17(10-3-4-11-17)16(20)18-12-5-2-8-14(18)13-7-6-9-15(13)19/h13-14H,2-12H2,1H3. The minimum absolute atomic E-state index is 0.142. The summed E-state index contributed by atoms with van der Waals surface area (Å²) in [6.45, 7) is 3.02. The first-order chi connectivity index (χ1) is 9.62. The number of carbonyl (C=O) groups excluding carboxylic acids is 2. The Morgan fingerprint density at radius 1 is 1.10 bits per heavy atom. The van der Waals surface area contributed by atoms with E-state index in [9.17, 15) is 9.59 Å². The molecule has 2 unspecified atom stereocenters. The van der Waals surface area contributed by atoms with Gasteiger partial charge in [-0.1, -0.05) is 19.8 Å². The van der Waals surface area contributed by atoms with Crippen molar-refractivity contribution in [3.63, 3.8) is 0 Å². The summed E-state index contributed by atoms with van der Waals surface area (Å²) in [7, 11) is 0. The van der Waals surface area contributed by atoms with Crippen LogP contribution in [0.4, 0.5) is 0 Å². The van der Waals surface area contributed by atoms with E-state index in [0.717, 1.165) is 51.5 Å². The molecule has 1 saturated heterocycles. The average Bonchev–Trinajstić information content (AvgIpc) is 3.08. The molecule has 20 heavy (non-hydrogen) atoms. The number of Topliss-reactive ketones (excluding diaryl/α,β-unsaturated/α-hetero) is 1. The Balaban J connectivity index is 1.78. The van der Waals surface area contributed by atoms with Crippen molar-refractivity contribution in [2.75, 3.05) is 6.54 Å². The Morgan fingerprint density at radius 2 is 1.85 bits per heavy atom. The summed E-state index contributed by atoms with van der Waals surface area (Å²) in [5.74, 6) is 0.898. The lowest BCUT2D eigenvalue weighted by molar-refractivity contribution is -0.147. The Bertz CT molecular complexity index is 398. The Labute approximate surface area is 122 Å². The van der Waals surface area contributed by atoms with Crippen LogP contribution in [0.2, 0.25) is 0 Å². The molecule has 0 aromatic rings. The molecule has 1 heterocycles. The van der Waals surface area contributed by atoms with Gasteiger partial charge in [-0.3, -0.25) is 9.59 Å². The fraction of sp³-hybridized carbons (Fsp3) is 0.882. The molecule has 2 atom stereocenters. The first-order valence-electron chi connectivity index (χ1n) is 8.46. The van der Waals surface area contributed by atoms with Crippen molar-refractivity contribution in [2.45, 2.75) is 77.2 Å². The van der Waals surface area contributed by atoms with Gasteiger partial charge in [-0.2, -0.15) is 0 Å². The lowest BCUT2D eigenvalue weighted by Crippen LogP contribution is -2.52. The monoisotopic (exact) mass is 277 g/mol. The number of amides is 1. The third-order valence-electron chi connectivity index (χ3n) is 5.85. The number of carbonyl (C=O) groups is 2. The summed E-state index contributed by atoms with van der Waals surface area (Å²) in [5, 5.41) is 0. The second-order valence-electron chi connectivity index (χ2n) is 7.29. The van der Waals surface area contributed by atoms with E-state index in [2.05, 4.69) is 11.8 Å². The minimum Gasteiger partial charge on any atom is -0.339 e. The number of nitrogens with zero attached hydrogens (tertiary/aromatic N) is 1. The number of hydrogen-bond donors (Lipinski definition) is 0. The molecule has 1 amide bonds. The largest absolute Gasteiger partial charge is 0.339 e. The summed E-state index contributed by atoms with van der Waals surface area (Å²) in [6.07, 6.45) is 10.5. The van der Waals surface area contributed by atoms with E-state index in [0.29, 0.717) is 11.7 Å². The molecule has 3 heteroatoms. The van der Waals surface area contributed by atoms with Gasteiger partial charge in [0.2, 0.25) is 5.91 Å². The molecule has 112 valence electrons. The summed E-state index contributed by atoms with van der Waals surface area (Å²) < 4.78 is 0. The van der Waals surface area contributed by atoms with Crippen LogP contribution in [-0.4, -0.2) is 29.2 Å². The lowest BCUT2D eigenvalue weighted by Gasteiger charge is -2.42. The molecule has 2 saturated carbocycles. The van der Waals surface area contributed by atoms with Crippen molar-refractivity contribution in [3.8, 4) is 0 Å². The van der Waals surface area contributed by atoms with Gasteiger partial charge in [-0.05, 0) is 44.9 Å². The summed E-state index contributed by atoms with van der Waals surface area (Å²) in [5.41, 5.74) is -0.142. The maximum Gasteiger partial charge on any atom is 0.228 e. The zero-order valence-corrected chi connectivity index (χ0v) is 12.7. The van der Waals surface area contributed by atoms with Gasteiger partial charge in [0.25, 0.3) is 0 Å². The fourth-order valence-electron chi connectivity index (χ4n) is 4.59. The van der Waals surface area contributed by atoms with E-state index in [4.69, 9.17) is 0 Å². The maximum atomic E-state index is 13.0. The van der Waals surface area contributed by atoms with Crippen LogP contribution in [0.1, 0.15) is 71.1 Å². The fourth-order valence-corrected chi connectivity index (χ4v) is 4.59. The van der Waals surface area contributed by atoms with E-state index in [1.165, 1.54) is 19.3 Å². The van der Waals surface area contributed by atoms with Gasteiger partial charge >= 0.3 is 0 Å². The second-order valence-corrected chi connectivity index (χ2v) is 7.29. The molecule has 0 N–H and O–H groups in total. The SMILES string of the molecule is CC1(C(=O)N2CCCCC2C2CCCC2=O)CCCC1. The summed E-state index contributed by atoms with van der Waals surface area (Å²) in [4.78, 5) is 27.2. The van der Waals surface area contributed by atoms with Crippen LogP contribution in [0.3, 0.4) is 0 Å². The highest BCUT2D eigenvalue weighted by atomic mass is 16.2. The van der Waals surface area contributed by atoms with Crippen LogP contribution >= 0.6 is 0 Å². The predicted molar refractivity (Wildman–Crippen MR) is 78.3 cm³/mol. The predicted octanol–water partition coefficient (Wildman–Crippen LogP) is 3.32. The zero-order valence-electron chi connectivity index (χ0n) is 12.7. The number of hydrogen-bond acceptors (Lipinski definition) is 2. The molecule has 0 radical (unpaired) electrons. The first kappa shape index (κ1) is 14.1. The highest BCUT2D eigenvalue weighted by Crippen LogP contribution is 2.42. The Kier molecular flexibility index (Phi) is 3.87. The Morgan fingerprint density at radius 3 is 2.50 bits per heavy atom. The zero-order chi connectivity index (χ0) is 14.2. The molecule has 2 aliphatic carbocycles. The van der Waals surface area contributed by atoms with Crippen molar-refractivity contribution >= 4 is 11.7 Å². The van der Waals surface area contributed by atoms with Crippen LogP contribution in [0.5, 0.6) is 0 Å². The van der Waals surface area contributed by atoms with E-state index in [-0.39, 0.29) is 17.4 Å². The van der Waals surface area contributed by atoms with Crippen molar-refractivity contribution in [3.05, 3.63) is 0 Å². The van der Waals surface area contributed by atoms with E-state index in [1.807, 2.05) is 0 Å². The Hall–Kier alpha value is -0.860. The number of rotatable bonds is 2. The van der Waals surface area contributed by atoms with Crippen LogP contribution in [0.25, 0.3) is 0 Å². The molecular formula is C17H27NO2. The van der Waals surface area contributed by atoms with Crippen LogP contribution < -0.4 is 0 Å². The molecule has 3 rings (SSSR count). The quantitative estimate of drug-likeness (QED) is 0.776. The molecule has 3 fully saturated rings. The third kappa shape index (κ3) is 2.40. The molecule has 3 aliphatic rings. The molecule has 0 aromatic carbocycles. The van der Waals surface area contributed by atoms with Gasteiger partial charge in [-0.15, -0.1) is 0 Å². The molecule has 0 aromatic heterocycles. The van der Waals surface area contributed by atoms with Gasteiger partial charge in [0.15, 0.2) is 0 Å². The molecule has 0 bridgehead atoms. The molecule has 0 spiro atoms. The highest BCUT2D eigenvalue weighted by molar-refractivity contribution is 5.86. The number of ketones is 1. The van der Waals surface area contributed by atoms with E-state index in [1.54, 1.807) is 0 Å². The molecule has 3 nitrogen and oxygen atoms in total. The highest BCUT2D eigenvalue weighted by Gasteiger charge is 2.45. The molecule has 1 aliphatic heterocycles. The van der Waals surface area contributed by atoms with Crippen LogP contribution in [0, 0.1) is 11.3 Å². The number of likely N-dealkylation sites (tertiary alicyclic amines) is 1. The smallest absolute Gasteiger partial charge is 0.228 e. The van der Waals surface area contributed by atoms with Crippen molar-refractivity contribution in [1.29, 1.82) is 0 Å². The van der Waals surface area contributed by atoms with Gasteiger partial charge in [-0.25, -0.2) is 0 Å². The van der Waals surface area contributed by atoms with E-state index >= 15 is 0 Å². The first-order valence-corrected chi connectivity index (χ1v) is 8.46. The third-order valence-corrected chi connectivity index (χ3v) is 5.85. The van der Waals surface area contributed by atoms with Gasteiger partial charge in [0.05, 0.1) is 0 Å². The molecular weight excluding hydrogens is 250 g/mol. The minimum atomic E-state index is -0.142. The van der Waals surface area contributed by atoms with E-state index < -0.39 is 0 Å².